The van der Waals surface area contributed by atoms with Gasteiger partial charge in [-0.2, -0.15) is 9.78 Å². The van der Waals surface area contributed by atoms with Gasteiger partial charge in [0.15, 0.2) is 0 Å². The monoisotopic (exact) mass is 533 g/mol. The lowest BCUT2D eigenvalue weighted by atomic mass is 10.0. The standard InChI is InChI=1S/C32H27N3O5/c1-21(36)40-32-29(22-16-18-24(19-17-22)33-31(37)27-14-7-8-15-28(27)39-3)30(23-10-9-13-26(20-23)38-2)34-35(32)25-11-5-4-6-12-25/h4-20H,1-3H3,(H,33,37). The minimum atomic E-state index is -0.476. The maximum atomic E-state index is 12.9. The molecular weight excluding hydrogens is 506 g/mol. The highest BCUT2D eigenvalue weighted by molar-refractivity contribution is 6.06. The smallest absolute Gasteiger partial charge is 0.309 e. The fourth-order valence-electron chi connectivity index (χ4n) is 4.36. The Kier molecular flexibility index (Phi) is 7.59. The fourth-order valence-corrected chi connectivity index (χ4v) is 4.36. The quantitative estimate of drug-likeness (QED) is 0.232. The Balaban J connectivity index is 1.60. The van der Waals surface area contributed by atoms with Crippen molar-refractivity contribution >= 4 is 17.6 Å². The number of hydrogen-bond acceptors (Lipinski definition) is 6. The first kappa shape index (κ1) is 26.2. The van der Waals surface area contributed by atoms with Gasteiger partial charge in [0, 0.05) is 18.2 Å². The summed E-state index contributed by atoms with van der Waals surface area (Å²) in [6.07, 6.45) is 0. The van der Waals surface area contributed by atoms with E-state index in [9.17, 15) is 9.59 Å². The molecule has 0 saturated heterocycles. The van der Waals surface area contributed by atoms with Crippen LogP contribution >= 0.6 is 0 Å². The number of esters is 1. The van der Waals surface area contributed by atoms with Crippen molar-refractivity contribution in [1.29, 1.82) is 0 Å². The number of hydrogen-bond donors (Lipinski definition) is 1. The van der Waals surface area contributed by atoms with Crippen LogP contribution in [0.3, 0.4) is 0 Å². The number of carbonyl (C=O) groups is 2. The van der Waals surface area contributed by atoms with Crippen molar-refractivity contribution < 1.29 is 23.8 Å². The molecule has 0 saturated carbocycles. The van der Waals surface area contributed by atoms with Gasteiger partial charge in [-0.3, -0.25) is 9.59 Å². The average Bonchev–Trinajstić information content (AvgIpc) is 3.36. The van der Waals surface area contributed by atoms with E-state index < -0.39 is 5.97 Å². The van der Waals surface area contributed by atoms with E-state index in [2.05, 4.69) is 5.32 Å². The van der Waals surface area contributed by atoms with Crippen LogP contribution in [0.1, 0.15) is 17.3 Å². The Morgan fingerprint density at radius 2 is 1.50 bits per heavy atom. The van der Waals surface area contributed by atoms with Crippen molar-refractivity contribution in [3.05, 3.63) is 109 Å². The van der Waals surface area contributed by atoms with Gasteiger partial charge in [0.2, 0.25) is 5.88 Å². The molecule has 1 amide bonds. The van der Waals surface area contributed by atoms with Gasteiger partial charge in [0.05, 0.1) is 31.0 Å². The molecule has 5 aromatic rings. The lowest BCUT2D eigenvalue weighted by Crippen LogP contribution is -2.13. The Labute approximate surface area is 231 Å². The number of nitrogens with one attached hydrogen (secondary N) is 1. The van der Waals surface area contributed by atoms with Crippen molar-refractivity contribution in [3.63, 3.8) is 0 Å². The van der Waals surface area contributed by atoms with Crippen molar-refractivity contribution in [2.24, 2.45) is 0 Å². The summed E-state index contributed by atoms with van der Waals surface area (Å²) in [5, 5.41) is 7.79. The first-order chi connectivity index (χ1) is 19.5. The highest BCUT2D eigenvalue weighted by Crippen LogP contribution is 2.41. The summed E-state index contributed by atoms with van der Waals surface area (Å²) in [6.45, 7) is 1.35. The highest BCUT2D eigenvalue weighted by atomic mass is 16.5. The minimum Gasteiger partial charge on any atom is -0.497 e. The number of aromatic nitrogens is 2. The number of para-hydroxylation sites is 2. The predicted octanol–water partition coefficient (Wildman–Crippen LogP) is 6.40. The molecule has 0 unspecified atom stereocenters. The molecule has 0 atom stereocenters. The molecule has 5 rings (SSSR count). The number of rotatable bonds is 8. The second-order valence-electron chi connectivity index (χ2n) is 8.83. The minimum absolute atomic E-state index is 0.280. The molecule has 8 nitrogen and oxygen atoms in total. The normalized spacial score (nSPS) is 10.6. The van der Waals surface area contributed by atoms with Gasteiger partial charge in [0.1, 0.15) is 17.2 Å². The number of methoxy groups -OCH3 is 2. The zero-order chi connectivity index (χ0) is 28.1. The number of ether oxygens (including phenoxy) is 3. The lowest BCUT2D eigenvalue weighted by molar-refractivity contribution is -0.132. The molecule has 0 bridgehead atoms. The van der Waals surface area contributed by atoms with E-state index in [1.807, 2.05) is 66.7 Å². The molecule has 40 heavy (non-hydrogen) atoms. The Bertz CT molecular complexity index is 1660. The first-order valence-corrected chi connectivity index (χ1v) is 12.5. The molecule has 1 aromatic heterocycles. The SMILES string of the molecule is COc1cccc(-c2nn(-c3ccccc3)c(OC(C)=O)c2-c2ccc(NC(=O)c3ccccc3OC)cc2)c1. The second kappa shape index (κ2) is 11.6. The van der Waals surface area contributed by atoms with Crippen LogP contribution in [0, 0.1) is 0 Å². The van der Waals surface area contributed by atoms with Crippen LogP contribution < -0.4 is 19.5 Å². The maximum absolute atomic E-state index is 12.9. The molecule has 0 aliphatic carbocycles. The van der Waals surface area contributed by atoms with E-state index in [0.717, 1.165) is 16.8 Å². The molecule has 0 fully saturated rings. The Morgan fingerprint density at radius 3 is 2.20 bits per heavy atom. The van der Waals surface area contributed by atoms with Crippen LogP contribution in [-0.4, -0.2) is 35.9 Å². The Morgan fingerprint density at radius 1 is 0.775 bits per heavy atom. The summed E-state index contributed by atoms with van der Waals surface area (Å²) in [5.41, 5.74) is 4.50. The summed E-state index contributed by atoms with van der Waals surface area (Å²) >= 11 is 0. The largest absolute Gasteiger partial charge is 0.497 e. The highest BCUT2D eigenvalue weighted by Gasteiger charge is 2.25. The zero-order valence-electron chi connectivity index (χ0n) is 22.3. The van der Waals surface area contributed by atoms with Gasteiger partial charge in [-0.05, 0) is 54.1 Å². The van der Waals surface area contributed by atoms with Crippen molar-refractivity contribution in [2.75, 3.05) is 19.5 Å². The molecule has 1 heterocycles. The molecular formula is C32H27N3O5. The molecule has 8 heteroatoms. The molecule has 0 radical (unpaired) electrons. The third-order valence-corrected chi connectivity index (χ3v) is 6.21. The van der Waals surface area contributed by atoms with E-state index in [4.69, 9.17) is 19.3 Å². The van der Waals surface area contributed by atoms with Crippen molar-refractivity contribution in [3.8, 4) is 45.5 Å². The van der Waals surface area contributed by atoms with Gasteiger partial charge in [-0.25, -0.2) is 0 Å². The summed E-state index contributed by atoms with van der Waals surface area (Å²) in [5.74, 6) is 0.665. The van der Waals surface area contributed by atoms with Gasteiger partial charge >= 0.3 is 5.97 Å². The summed E-state index contributed by atoms with van der Waals surface area (Å²) in [4.78, 5) is 25.2. The molecule has 0 aliphatic rings. The van der Waals surface area contributed by atoms with Crippen molar-refractivity contribution in [2.45, 2.75) is 6.92 Å². The summed E-state index contributed by atoms with van der Waals surface area (Å²) in [6, 6.07) is 31.3. The van der Waals surface area contributed by atoms with Crippen LogP contribution in [0.4, 0.5) is 5.69 Å². The van der Waals surface area contributed by atoms with Gasteiger partial charge < -0.3 is 19.5 Å². The third-order valence-electron chi connectivity index (χ3n) is 6.21. The second-order valence-corrected chi connectivity index (χ2v) is 8.83. The molecule has 200 valence electrons. The van der Waals surface area contributed by atoms with Crippen molar-refractivity contribution in [1.82, 2.24) is 9.78 Å². The fraction of sp³-hybridized carbons (Fsp3) is 0.0938. The third kappa shape index (κ3) is 5.42. The number of nitrogens with zero attached hydrogens (tertiary/aromatic N) is 2. The molecule has 4 aromatic carbocycles. The summed E-state index contributed by atoms with van der Waals surface area (Å²) < 4.78 is 18.1. The van der Waals surface area contributed by atoms with Gasteiger partial charge in [0.25, 0.3) is 5.91 Å². The Hall–Kier alpha value is -5.37. The molecule has 0 spiro atoms. The first-order valence-electron chi connectivity index (χ1n) is 12.5. The van der Waals surface area contributed by atoms with Crippen LogP contribution in [0.25, 0.3) is 28.1 Å². The summed E-state index contributed by atoms with van der Waals surface area (Å²) in [7, 11) is 3.13. The topological polar surface area (TPSA) is 91.7 Å². The molecule has 0 aliphatic heterocycles. The number of amides is 1. The van der Waals surface area contributed by atoms with Gasteiger partial charge in [-0.15, -0.1) is 0 Å². The van der Waals surface area contributed by atoms with E-state index in [1.54, 1.807) is 48.2 Å². The lowest BCUT2D eigenvalue weighted by Gasteiger charge is -2.11. The van der Waals surface area contributed by atoms with E-state index >= 15 is 0 Å². The van der Waals surface area contributed by atoms with Gasteiger partial charge in [-0.1, -0.05) is 54.6 Å². The van der Waals surface area contributed by atoms with E-state index in [0.29, 0.717) is 34.0 Å². The maximum Gasteiger partial charge on any atom is 0.309 e. The predicted molar refractivity (Wildman–Crippen MR) is 153 cm³/mol. The number of anilines is 1. The van der Waals surface area contributed by atoms with Crippen LogP contribution in [0.15, 0.2) is 103 Å². The van der Waals surface area contributed by atoms with Crippen LogP contribution in [0.5, 0.6) is 17.4 Å². The van der Waals surface area contributed by atoms with Crippen LogP contribution in [0.2, 0.25) is 0 Å². The van der Waals surface area contributed by atoms with E-state index in [1.165, 1.54) is 14.0 Å². The zero-order valence-corrected chi connectivity index (χ0v) is 22.3. The average molecular weight is 534 g/mol. The van der Waals surface area contributed by atoms with E-state index in [-0.39, 0.29) is 11.8 Å². The van der Waals surface area contributed by atoms with Crippen LogP contribution in [-0.2, 0) is 4.79 Å². The molecule has 1 N–H and O–H groups in total. The number of carbonyl (C=O) groups excluding carboxylic acids is 2. The number of benzene rings is 4.